The molecule has 0 aliphatic carbocycles. The van der Waals surface area contributed by atoms with Crippen molar-refractivity contribution in [2.45, 2.75) is 24.7 Å². The lowest BCUT2D eigenvalue weighted by molar-refractivity contribution is -0.116. The van der Waals surface area contributed by atoms with Crippen molar-refractivity contribution in [2.75, 3.05) is 17.1 Å². The van der Waals surface area contributed by atoms with Crippen molar-refractivity contribution in [3.63, 3.8) is 0 Å². The number of carbonyl (C=O) groups excluding carboxylic acids is 1. The summed E-state index contributed by atoms with van der Waals surface area (Å²) in [6.07, 6.45) is 0.986. The third-order valence-electron chi connectivity index (χ3n) is 4.56. The SMILES string of the molecule is COc1ccccc1NS(=O)(=O)c1ccc(NC(=O)CCc2ccc(C)cc2)cc1. The Morgan fingerprint density at radius 1 is 0.933 bits per heavy atom. The predicted molar refractivity (Wildman–Crippen MR) is 118 cm³/mol. The summed E-state index contributed by atoms with van der Waals surface area (Å²) in [6.45, 7) is 2.02. The van der Waals surface area contributed by atoms with Crippen molar-refractivity contribution in [3.8, 4) is 5.75 Å². The third-order valence-corrected chi connectivity index (χ3v) is 5.94. The highest BCUT2D eigenvalue weighted by molar-refractivity contribution is 7.92. The van der Waals surface area contributed by atoms with Crippen molar-refractivity contribution in [1.29, 1.82) is 0 Å². The average molecular weight is 425 g/mol. The summed E-state index contributed by atoms with van der Waals surface area (Å²) in [5.74, 6) is 0.303. The van der Waals surface area contributed by atoms with Gasteiger partial charge in [0, 0.05) is 12.1 Å². The zero-order valence-corrected chi connectivity index (χ0v) is 17.7. The van der Waals surface area contributed by atoms with Crippen molar-refractivity contribution in [1.82, 2.24) is 0 Å². The van der Waals surface area contributed by atoms with Gasteiger partial charge in [-0.2, -0.15) is 0 Å². The number of ether oxygens (including phenoxy) is 1. The molecule has 0 aliphatic heterocycles. The van der Waals surface area contributed by atoms with Gasteiger partial charge in [0.25, 0.3) is 10.0 Å². The molecule has 0 radical (unpaired) electrons. The highest BCUT2D eigenvalue weighted by Gasteiger charge is 2.16. The maximum absolute atomic E-state index is 12.6. The van der Waals surface area contributed by atoms with E-state index in [4.69, 9.17) is 4.74 Å². The molecule has 0 saturated carbocycles. The molecular weight excluding hydrogens is 400 g/mol. The van der Waals surface area contributed by atoms with Gasteiger partial charge >= 0.3 is 0 Å². The fourth-order valence-corrected chi connectivity index (χ4v) is 3.96. The van der Waals surface area contributed by atoms with Crippen LogP contribution in [0.4, 0.5) is 11.4 Å². The number of nitrogens with one attached hydrogen (secondary N) is 2. The highest BCUT2D eigenvalue weighted by atomic mass is 32.2. The van der Waals surface area contributed by atoms with E-state index in [1.807, 2.05) is 31.2 Å². The molecular formula is C23H24N2O4S. The lowest BCUT2D eigenvalue weighted by Crippen LogP contribution is -2.14. The van der Waals surface area contributed by atoms with Crippen LogP contribution in [0, 0.1) is 6.92 Å². The van der Waals surface area contributed by atoms with Gasteiger partial charge in [0.1, 0.15) is 5.75 Å². The van der Waals surface area contributed by atoms with E-state index >= 15 is 0 Å². The minimum absolute atomic E-state index is 0.0889. The predicted octanol–water partition coefficient (Wildman–Crippen LogP) is 4.38. The molecule has 0 unspecified atom stereocenters. The minimum atomic E-state index is -3.78. The van der Waals surface area contributed by atoms with Crippen LogP contribution >= 0.6 is 0 Å². The number of para-hydroxylation sites is 2. The Labute approximate surface area is 177 Å². The zero-order valence-electron chi connectivity index (χ0n) is 16.9. The first kappa shape index (κ1) is 21.4. The summed E-state index contributed by atoms with van der Waals surface area (Å²) in [5.41, 5.74) is 3.17. The van der Waals surface area contributed by atoms with Crippen molar-refractivity contribution >= 4 is 27.3 Å². The molecule has 0 fully saturated rings. The molecule has 156 valence electrons. The Morgan fingerprint density at radius 3 is 2.27 bits per heavy atom. The Kier molecular flexibility index (Phi) is 6.74. The molecule has 6 nitrogen and oxygen atoms in total. The van der Waals surface area contributed by atoms with Crippen LogP contribution in [0.25, 0.3) is 0 Å². The first-order chi connectivity index (χ1) is 14.4. The van der Waals surface area contributed by atoms with Crippen LogP contribution in [0.1, 0.15) is 17.5 Å². The Morgan fingerprint density at radius 2 is 1.60 bits per heavy atom. The molecule has 7 heteroatoms. The van der Waals surface area contributed by atoms with E-state index in [1.54, 1.807) is 36.4 Å². The molecule has 0 saturated heterocycles. The van der Waals surface area contributed by atoms with Crippen LogP contribution in [0.15, 0.2) is 77.7 Å². The number of benzene rings is 3. The van der Waals surface area contributed by atoms with Crippen LogP contribution in [0.3, 0.4) is 0 Å². The number of anilines is 2. The van der Waals surface area contributed by atoms with E-state index in [0.717, 1.165) is 5.56 Å². The number of hydrogen-bond donors (Lipinski definition) is 2. The molecule has 0 spiro atoms. The van der Waals surface area contributed by atoms with E-state index < -0.39 is 10.0 Å². The molecule has 3 aromatic carbocycles. The van der Waals surface area contributed by atoms with Crippen LogP contribution in [-0.2, 0) is 21.2 Å². The number of rotatable bonds is 8. The first-order valence-corrected chi connectivity index (χ1v) is 11.0. The van der Waals surface area contributed by atoms with E-state index in [1.165, 1.54) is 24.8 Å². The van der Waals surface area contributed by atoms with Crippen molar-refractivity contribution < 1.29 is 17.9 Å². The summed E-state index contributed by atoms with van der Waals surface area (Å²) < 4.78 is 33.0. The fraction of sp³-hybridized carbons (Fsp3) is 0.174. The molecule has 0 aliphatic rings. The number of hydrogen-bond acceptors (Lipinski definition) is 4. The van der Waals surface area contributed by atoms with E-state index in [2.05, 4.69) is 10.0 Å². The quantitative estimate of drug-likeness (QED) is 0.562. The standard InChI is InChI=1S/C23H24N2O4S/c1-17-7-9-18(10-8-17)11-16-23(26)24-19-12-14-20(15-13-19)30(27,28)25-21-5-3-4-6-22(21)29-2/h3-10,12-15,25H,11,16H2,1-2H3,(H,24,26). The summed E-state index contributed by atoms with van der Waals surface area (Å²) in [5, 5.41) is 2.80. The van der Waals surface area contributed by atoms with Gasteiger partial charge < -0.3 is 10.1 Å². The summed E-state index contributed by atoms with van der Waals surface area (Å²) >= 11 is 0. The maximum Gasteiger partial charge on any atom is 0.262 e. The number of methoxy groups -OCH3 is 1. The monoisotopic (exact) mass is 424 g/mol. The van der Waals surface area contributed by atoms with Gasteiger partial charge in [0.05, 0.1) is 17.7 Å². The second-order valence-corrected chi connectivity index (χ2v) is 8.55. The Hall–Kier alpha value is -3.32. The number of sulfonamides is 1. The second kappa shape index (κ2) is 9.45. The lowest BCUT2D eigenvalue weighted by Gasteiger charge is -2.12. The fourth-order valence-electron chi connectivity index (χ4n) is 2.89. The molecule has 0 atom stereocenters. The molecule has 3 aromatic rings. The molecule has 0 aromatic heterocycles. The number of aryl methyl sites for hydroxylation is 2. The van der Waals surface area contributed by atoms with Gasteiger partial charge in [-0.05, 0) is 55.3 Å². The smallest absolute Gasteiger partial charge is 0.262 e. The van der Waals surface area contributed by atoms with Gasteiger partial charge in [-0.15, -0.1) is 0 Å². The Bertz CT molecular complexity index is 1110. The second-order valence-electron chi connectivity index (χ2n) is 6.86. The van der Waals surface area contributed by atoms with Crippen molar-refractivity contribution in [3.05, 3.63) is 83.9 Å². The number of amides is 1. The van der Waals surface area contributed by atoms with Crippen LogP contribution in [0.2, 0.25) is 0 Å². The van der Waals surface area contributed by atoms with Gasteiger partial charge in [0.15, 0.2) is 0 Å². The Balaban J connectivity index is 1.61. The molecule has 0 heterocycles. The van der Waals surface area contributed by atoms with Crippen LogP contribution in [-0.4, -0.2) is 21.4 Å². The largest absolute Gasteiger partial charge is 0.495 e. The topological polar surface area (TPSA) is 84.5 Å². The highest BCUT2D eigenvalue weighted by Crippen LogP contribution is 2.26. The van der Waals surface area contributed by atoms with Gasteiger partial charge in [-0.3, -0.25) is 9.52 Å². The maximum atomic E-state index is 12.6. The van der Waals surface area contributed by atoms with Crippen molar-refractivity contribution in [2.24, 2.45) is 0 Å². The van der Waals surface area contributed by atoms with Gasteiger partial charge in [0.2, 0.25) is 5.91 Å². The number of carbonyl (C=O) groups is 1. The molecule has 30 heavy (non-hydrogen) atoms. The van der Waals surface area contributed by atoms with E-state index in [0.29, 0.717) is 30.0 Å². The van der Waals surface area contributed by atoms with Crippen LogP contribution in [0.5, 0.6) is 5.75 Å². The first-order valence-electron chi connectivity index (χ1n) is 9.49. The minimum Gasteiger partial charge on any atom is -0.495 e. The summed E-state index contributed by atoms with van der Waals surface area (Å²) in [4.78, 5) is 12.3. The summed E-state index contributed by atoms with van der Waals surface area (Å²) in [7, 11) is -2.31. The molecule has 0 bridgehead atoms. The molecule has 3 rings (SSSR count). The summed E-state index contributed by atoms with van der Waals surface area (Å²) in [6, 6.07) is 20.9. The van der Waals surface area contributed by atoms with E-state index in [9.17, 15) is 13.2 Å². The average Bonchev–Trinajstić information content (AvgIpc) is 2.74. The van der Waals surface area contributed by atoms with E-state index in [-0.39, 0.29) is 10.8 Å². The third kappa shape index (κ3) is 5.61. The lowest BCUT2D eigenvalue weighted by atomic mass is 10.1. The van der Waals surface area contributed by atoms with Gasteiger partial charge in [-0.1, -0.05) is 42.0 Å². The normalized spacial score (nSPS) is 11.0. The zero-order chi connectivity index (χ0) is 21.6. The van der Waals surface area contributed by atoms with Gasteiger partial charge in [-0.25, -0.2) is 8.42 Å². The molecule has 1 amide bonds. The van der Waals surface area contributed by atoms with Crippen LogP contribution < -0.4 is 14.8 Å². The molecule has 2 N–H and O–H groups in total.